The monoisotopic (exact) mass is 327 g/mol. The summed E-state index contributed by atoms with van der Waals surface area (Å²) in [6.07, 6.45) is 0. The maximum Gasteiger partial charge on any atom is 0.295 e. The van der Waals surface area contributed by atoms with Gasteiger partial charge in [-0.3, -0.25) is 9.59 Å². The number of para-hydroxylation sites is 1. The highest BCUT2D eigenvalue weighted by Crippen LogP contribution is 2.32. The molecule has 0 radical (unpaired) electrons. The van der Waals surface area contributed by atoms with E-state index in [-0.39, 0.29) is 16.7 Å². The molecule has 1 aliphatic heterocycles. The number of thioether (sulfide) groups is 1. The summed E-state index contributed by atoms with van der Waals surface area (Å²) in [6, 6.07) is 14.5. The molecule has 1 aliphatic rings. The number of carbonyl (C=O) groups is 3. The largest absolute Gasteiger partial charge is 0.545 e. The van der Waals surface area contributed by atoms with Gasteiger partial charge in [0.05, 0.1) is 11.7 Å². The van der Waals surface area contributed by atoms with E-state index in [1.807, 2.05) is 0 Å². The van der Waals surface area contributed by atoms with Gasteiger partial charge in [-0.1, -0.05) is 30.3 Å². The fraction of sp³-hybridized carbons (Fsp3) is 0.0625. The smallest absolute Gasteiger partial charge is 0.295 e. The van der Waals surface area contributed by atoms with Crippen LogP contribution < -0.4 is 15.3 Å². The van der Waals surface area contributed by atoms with Crippen molar-refractivity contribution in [3.05, 3.63) is 60.2 Å². The molecule has 1 saturated heterocycles. The molecule has 2 amide bonds. The van der Waals surface area contributed by atoms with Gasteiger partial charge in [0.2, 0.25) is 0 Å². The van der Waals surface area contributed by atoms with Gasteiger partial charge >= 0.3 is 0 Å². The molecular weight excluding hydrogens is 316 g/mol. The lowest BCUT2D eigenvalue weighted by atomic mass is 10.2. The lowest BCUT2D eigenvalue weighted by Gasteiger charge is -2.15. The Balaban J connectivity index is 1.76. The van der Waals surface area contributed by atoms with Crippen molar-refractivity contribution < 1.29 is 19.5 Å². The van der Waals surface area contributed by atoms with Crippen LogP contribution in [0.5, 0.6) is 0 Å². The third-order valence-corrected chi connectivity index (χ3v) is 4.22. The summed E-state index contributed by atoms with van der Waals surface area (Å²) in [7, 11) is 0. The van der Waals surface area contributed by atoms with Crippen molar-refractivity contribution in [2.24, 2.45) is 0 Å². The van der Waals surface area contributed by atoms with Crippen LogP contribution >= 0.6 is 11.8 Å². The number of rotatable bonds is 4. The zero-order valence-corrected chi connectivity index (χ0v) is 12.6. The second-order valence-corrected chi connectivity index (χ2v) is 5.84. The molecule has 1 N–H and O–H groups in total. The van der Waals surface area contributed by atoms with Crippen LogP contribution in [0.15, 0.2) is 54.6 Å². The lowest BCUT2D eigenvalue weighted by Crippen LogP contribution is -2.34. The highest BCUT2D eigenvalue weighted by atomic mass is 32.2. The Kier molecular flexibility index (Phi) is 4.03. The Morgan fingerprint density at radius 2 is 1.70 bits per heavy atom. The first-order valence-electron chi connectivity index (χ1n) is 6.74. The number of amides is 2. The van der Waals surface area contributed by atoms with E-state index in [1.165, 1.54) is 24.3 Å². The number of imide groups is 1. The number of carbonyl (C=O) groups excluding carboxylic acids is 3. The molecule has 7 heteroatoms. The lowest BCUT2D eigenvalue weighted by molar-refractivity contribution is -0.255. The van der Waals surface area contributed by atoms with Gasteiger partial charge in [-0.05, 0) is 41.6 Å². The minimum Gasteiger partial charge on any atom is -0.545 e. The number of nitrogens with zero attached hydrogens (tertiary/aromatic N) is 1. The maximum atomic E-state index is 12.4. The Morgan fingerprint density at radius 3 is 2.30 bits per heavy atom. The van der Waals surface area contributed by atoms with E-state index in [0.717, 1.165) is 16.7 Å². The molecule has 1 unspecified atom stereocenters. The number of carboxylic acids is 1. The molecule has 0 spiro atoms. The summed E-state index contributed by atoms with van der Waals surface area (Å²) in [5.41, 5.74) is 1.11. The van der Waals surface area contributed by atoms with Crippen LogP contribution in [0, 0.1) is 0 Å². The SMILES string of the molecule is O=C([O-])c1ccc(NC2SC(=O)N(c3ccccc3)C2=O)cc1. The topological polar surface area (TPSA) is 89.5 Å². The van der Waals surface area contributed by atoms with E-state index >= 15 is 0 Å². The fourth-order valence-electron chi connectivity index (χ4n) is 2.17. The number of nitrogens with one attached hydrogen (secondary N) is 1. The van der Waals surface area contributed by atoms with Crippen molar-refractivity contribution in [1.29, 1.82) is 0 Å². The van der Waals surface area contributed by atoms with Crippen molar-refractivity contribution in [2.75, 3.05) is 10.2 Å². The zero-order valence-electron chi connectivity index (χ0n) is 11.8. The second kappa shape index (κ2) is 6.13. The zero-order chi connectivity index (χ0) is 16.4. The van der Waals surface area contributed by atoms with Crippen molar-refractivity contribution in [1.82, 2.24) is 0 Å². The van der Waals surface area contributed by atoms with E-state index in [1.54, 1.807) is 30.3 Å². The summed E-state index contributed by atoms with van der Waals surface area (Å²) < 4.78 is 0. The molecule has 6 nitrogen and oxygen atoms in total. The molecule has 1 fully saturated rings. The molecule has 2 aromatic carbocycles. The average molecular weight is 327 g/mol. The van der Waals surface area contributed by atoms with Crippen LogP contribution in [-0.2, 0) is 4.79 Å². The minimum atomic E-state index is -1.27. The molecule has 1 heterocycles. The van der Waals surface area contributed by atoms with Crippen LogP contribution in [0.4, 0.5) is 16.2 Å². The Bertz CT molecular complexity index is 761. The number of benzene rings is 2. The highest BCUT2D eigenvalue weighted by molar-refractivity contribution is 8.16. The summed E-state index contributed by atoms with van der Waals surface area (Å²) in [5.74, 6) is -1.64. The molecule has 116 valence electrons. The molecule has 2 aromatic rings. The predicted octanol–water partition coefficient (Wildman–Crippen LogP) is 1.69. The van der Waals surface area contributed by atoms with E-state index in [0.29, 0.717) is 11.4 Å². The molecule has 0 saturated carbocycles. The molecule has 0 aliphatic carbocycles. The van der Waals surface area contributed by atoms with E-state index in [2.05, 4.69) is 5.32 Å². The average Bonchev–Trinajstić information content (AvgIpc) is 2.82. The van der Waals surface area contributed by atoms with E-state index in [9.17, 15) is 19.5 Å². The third-order valence-electron chi connectivity index (χ3n) is 3.28. The summed E-state index contributed by atoms with van der Waals surface area (Å²) in [4.78, 5) is 36.3. The van der Waals surface area contributed by atoms with Gasteiger partial charge in [-0.15, -0.1) is 0 Å². The highest BCUT2D eigenvalue weighted by Gasteiger charge is 2.40. The summed E-state index contributed by atoms with van der Waals surface area (Å²) in [5, 5.41) is 12.5. The van der Waals surface area contributed by atoms with Crippen LogP contribution in [-0.4, -0.2) is 22.5 Å². The number of carboxylic acid groups (broad SMARTS) is 1. The number of aromatic carboxylic acids is 1. The standard InChI is InChI=1S/C16H12N2O4S/c19-14-13(17-11-8-6-10(7-9-11)15(20)21)23-16(22)18(14)12-4-2-1-3-5-12/h1-9,13,17H,(H,20,21)/p-1. The molecule has 3 rings (SSSR count). The minimum absolute atomic E-state index is 0.0444. The fourth-order valence-corrected chi connectivity index (χ4v) is 3.07. The van der Waals surface area contributed by atoms with E-state index in [4.69, 9.17) is 0 Å². The van der Waals surface area contributed by atoms with Gasteiger partial charge in [0, 0.05) is 5.69 Å². The molecule has 0 aromatic heterocycles. The molecule has 23 heavy (non-hydrogen) atoms. The number of hydrogen-bond donors (Lipinski definition) is 1. The predicted molar refractivity (Wildman–Crippen MR) is 85.1 cm³/mol. The molecular formula is C16H11N2O4S-. The van der Waals surface area contributed by atoms with Crippen molar-refractivity contribution in [2.45, 2.75) is 5.37 Å². The van der Waals surface area contributed by atoms with Crippen LogP contribution in [0.3, 0.4) is 0 Å². The Hall–Kier alpha value is -2.80. The first kappa shape index (κ1) is 15.1. The van der Waals surface area contributed by atoms with Gasteiger partial charge < -0.3 is 15.2 Å². The maximum absolute atomic E-state index is 12.4. The van der Waals surface area contributed by atoms with E-state index < -0.39 is 11.3 Å². The first-order valence-corrected chi connectivity index (χ1v) is 7.62. The van der Waals surface area contributed by atoms with Gasteiger partial charge in [-0.2, -0.15) is 0 Å². The van der Waals surface area contributed by atoms with Crippen LogP contribution in [0.2, 0.25) is 0 Å². The van der Waals surface area contributed by atoms with Gasteiger partial charge in [-0.25, -0.2) is 4.90 Å². The molecule has 0 bridgehead atoms. The van der Waals surface area contributed by atoms with Crippen LogP contribution in [0.25, 0.3) is 0 Å². The first-order chi connectivity index (χ1) is 11.1. The van der Waals surface area contributed by atoms with Crippen LogP contribution in [0.1, 0.15) is 10.4 Å². The quantitative estimate of drug-likeness (QED) is 0.919. The van der Waals surface area contributed by atoms with Gasteiger partial charge in [0.25, 0.3) is 11.1 Å². The van der Waals surface area contributed by atoms with Gasteiger partial charge in [0.15, 0.2) is 5.37 Å². The number of anilines is 2. The number of hydrogen-bond acceptors (Lipinski definition) is 6. The van der Waals surface area contributed by atoms with Crippen molar-refractivity contribution in [3.8, 4) is 0 Å². The summed E-state index contributed by atoms with van der Waals surface area (Å²) in [6.45, 7) is 0. The Labute approximate surface area is 136 Å². The third kappa shape index (κ3) is 3.04. The van der Waals surface area contributed by atoms with Gasteiger partial charge in [0.1, 0.15) is 0 Å². The Morgan fingerprint density at radius 1 is 1.04 bits per heavy atom. The van der Waals surface area contributed by atoms with Crippen molar-refractivity contribution in [3.63, 3.8) is 0 Å². The molecule has 1 atom stereocenters. The normalized spacial score (nSPS) is 17.4. The summed E-state index contributed by atoms with van der Waals surface area (Å²) >= 11 is 0.880. The second-order valence-electron chi connectivity index (χ2n) is 4.78. The van der Waals surface area contributed by atoms with Crippen molar-refractivity contribution >= 4 is 40.3 Å².